The van der Waals surface area contributed by atoms with Gasteiger partial charge in [-0.05, 0) is 63.6 Å². The van der Waals surface area contributed by atoms with Gasteiger partial charge in [-0.3, -0.25) is 9.52 Å². The number of rotatable bonds is 11. The Kier molecular flexibility index (Phi) is 8.47. The lowest BCUT2D eigenvalue weighted by Crippen LogP contribution is -2.32. The van der Waals surface area contributed by atoms with Crippen LogP contribution in [-0.2, 0) is 14.8 Å². The zero-order valence-corrected chi connectivity index (χ0v) is 21.8. The summed E-state index contributed by atoms with van der Waals surface area (Å²) in [6.07, 6.45) is 0.807. The molecule has 3 aromatic rings. The summed E-state index contributed by atoms with van der Waals surface area (Å²) in [7, 11) is -2.16. The van der Waals surface area contributed by atoms with Crippen molar-refractivity contribution in [1.82, 2.24) is 15.5 Å². The van der Waals surface area contributed by atoms with E-state index in [0.29, 0.717) is 23.1 Å². The highest BCUT2D eigenvalue weighted by Gasteiger charge is 2.28. The molecule has 0 aliphatic heterocycles. The number of hydrogen-bond donors (Lipinski definition) is 3. The van der Waals surface area contributed by atoms with Gasteiger partial charge in [0.1, 0.15) is 6.67 Å². The predicted octanol–water partition coefficient (Wildman–Crippen LogP) is 4.78. The molecule has 0 unspecified atom stereocenters. The highest BCUT2D eigenvalue weighted by molar-refractivity contribution is 7.92. The summed E-state index contributed by atoms with van der Waals surface area (Å²) < 4.78 is 47.2. The molecule has 0 bridgehead atoms. The van der Waals surface area contributed by atoms with Crippen molar-refractivity contribution in [2.75, 3.05) is 23.8 Å². The fourth-order valence-corrected chi connectivity index (χ4v) is 4.44. The minimum absolute atomic E-state index is 0.00620. The molecule has 1 atom stereocenters. The maximum absolute atomic E-state index is 13.1. The summed E-state index contributed by atoms with van der Waals surface area (Å²) >= 11 is 0. The highest BCUT2D eigenvalue weighted by atomic mass is 32.2. The van der Waals surface area contributed by atoms with Gasteiger partial charge in [0.2, 0.25) is 17.6 Å². The summed E-state index contributed by atoms with van der Waals surface area (Å²) in [5.74, 6) is 0.624. The molecular formula is C25H32FN5O4S. The molecule has 3 N–H and O–H groups in total. The van der Waals surface area contributed by atoms with Gasteiger partial charge in [0.05, 0.1) is 22.0 Å². The minimum atomic E-state index is -3.97. The van der Waals surface area contributed by atoms with Gasteiger partial charge in [0, 0.05) is 11.3 Å². The first-order valence-corrected chi connectivity index (χ1v) is 13.0. The number of aromatic nitrogens is 2. The molecule has 194 valence electrons. The van der Waals surface area contributed by atoms with Crippen LogP contribution in [0.3, 0.4) is 0 Å². The first-order valence-electron chi connectivity index (χ1n) is 11.6. The van der Waals surface area contributed by atoms with Crippen LogP contribution >= 0.6 is 0 Å². The molecule has 0 saturated carbocycles. The van der Waals surface area contributed by atoms with E-state index < -0.39 is 28.0 Å². The quantitative estimate of drug-likeness (QED) is 0.334. The van der Waals surface area contributed by atoms with Crippen LogP contribution < -0.4 is 15.4 Å². The summed E-state index contributed by atoms with van der Waals surface area (Å²) in [6, 6.07) is 12.3. The molecule has 11 heteroatoms. The van der Waals surface area contributed by atoms with Crippen LogP contribution in [0, 0.1) is 11.3 Å². The SMILES string of the molecule is CN[C@@H](CC(C)C)c1nc(-c2cccc(S(=O)(=O)Nc3cccc(NC(=O)C(C)(C)CF)c3)c2)no1. The smallest absolute Gasteiger partial charge is 0.261 e. The Balaban J connectivity index is 1.80. The average molecular weight is 518 g/mol. The molecule has 0 radical (unpaired) electrons. The lowest BCUT2D eigenvalue weighted by Gasteiger charge is -2.19. The Morgan fingerprint density at radius 2 is 1.81 bits per heavy atom. The zero-order valence-electron chi connectivity index (χ0n) is 21.0. The van der Waals surface area contributed by atoms with Crippen LogP contribution in [0.5, 0.6) is 0 Å². The third-order valence-corrected chi connectivity index (χ3v) is 6.90. The van der Waals surface area contributed by atoms with Gasteiger partial charge in [-0.15, -0.1) is 0 Å². The van der Waals surface area contributed by atoms with Gasteiger partial charge in [0.25, 0.3) is 10.0 Å². The number of anilines is 2. The van der Waals surface area contributed by atoms with E-state index in [0.717, 1.165) is 6.42 Å². The summed E-state index contributed by atoms with van der Waals surface area (Å²) in [5, 5.41) is 9.80. The lowest BCUT2D eigenvalue weighted by atomic mass is 9.94. The normalized spacial score (nSPS) is 13.0. The Labute approximate surface area is 210 Å². The topological polar surface area (TPSA) is 126 Å². The average Bonchev–Trinajstić information content (AvgIpc) is 3.32. The van der Waals surface area contributed by atoms with Crippen LogP contribution in [0.25, 0.3) is 11.4 Å². The van der Waals surface area contributed by atoms with Crippen molar-refractivity contribution in [1.29, 1.82) is 0 Å². The van der Waals surface area contributed by atoms with E-state index in [1.54, 1.807) is 30.3 Å². The Morgan fingerprint density at radius 1 is 1.11 bits per heavy atom. The monoisotopic (exact) mass is 517 g/mol. The number of amides is 1. The summed E-state index contributed by atoms with van der Waals surface area (Å²) in [5.41, 5.74) is -0.131. The second kappa shape index (κ2) is 11.2. The number of carbonyl (C=O) groups excluding carboxylic acids is 1. The maximum atomic E-state index is 13.1. The van der Waals surface area contributed by atoms with Crippen molar-refractivity contribution in [2.24, 2.45) is 11.3 Å². The van der Waals surface area contributed by atoms with E-state index in [1.807, 2.05) is 7.05 Å². The molecule has 0 aliphatic rings. The highest BCUT2D eigenvalue weighted by Crippen LogP contribution is 2.26. The molecule has 0 aliphatic carbocycles. The number of alkyl halides is 1. The van der Waals surface area contributed by atoms with E-state index in [4.69, 9.17) is 4.52 Å². The van der Waals surface area contributed by atoms with E-state index in [2.05, 4.69) is 39.3 Å². The number of benzene rings is 2. The van der Waals surface area contributed by atoms with Gasteiger partial charge in [0.15, 0.2) is 0 Å². The van der Waals surface area contributed by atoms with Crippen molar-refractivity contribution in [3.63, 3.8) is 0 Å². The summed E-state index contributed by atoms with van der Waals surface area (Å²) in [6.45, 7) is 6.33. The number of hydrogen-bond acceptors (Lipinski definition) is 7. The largest absolute Gasteiger partial charge is 0.337 e. The van der Waals surface area contributed by atoms with Gasteiger partial charge in [-0.1, -0.05) is 37.2 Å². The molecule has 2 aromatic carbocycles. The van der Waals surface area contributed by atoms with Gasteiger partial charge >= 0.3 is 0 Å². The zero-order chi connectivity index (χ0) is 26.5. The van der Waals surface area contributed by atoms with Gasteiger partial charge < -0.3 is 15.2 Å². The van der Waals surface area contributed by atoms with E-state index in [1.165, 1.54) is 32.0 Å². The van der Waals surface area contributed by atoms with Crippen LogP contribution in [0.15, 0.2) is 57.9 Å². The van der Waals surface area contributed by atoms with E-state index >= 15 is 0 Å². The molecule has 9 nitrogen and oxygen atoms in total. The van der Waals surface area contributed by atoms with Crippen LogP contribution in [0.1, 0.15) is 46.0 Å². The van der Waals surface area contributed by atoms with E-state index in [9.17, 15) is 17.6 Å². The van der Waals surface area contributed by atoms with Crippen LogP contribution in [-0.4, -0.2) is 38.2 Å². The number of carbonyl (C=O) groups is 1. The maximum Gasteiger partial charge on any atom is 0.261 e. The van der Waals surface area contributed by atoms with Crippen molar-refractivity contribution in [2.45, 2.75) is 45.1 Å². The summed E-state index contributed by atoms with van der Waals surface area (Å²) in [4.78, 5) is 16.7. The van der Waals surface area contributed by atoms with E-state index in [-0.39, 0.29) is 22.4 Å². The first-order chi connectivity index (χ1) is 16.9. The molecule has 3 rings (SSSR count). The van der Waals surface area contributed by atoms with Crippen molar-refractivity contribution in [3.05, 3.63) is 54.4 Å². The standard InChI is InChI=1S/C25H32FN5O4S/c1-16(2)12-21(27-5)23-29-22(30-35-23)17-8-6-11-20(13-17)36(33,34)31-19-10-7-9-18(14-19)28-24(32)25(3,4)15-26/h6-11,13-14,16,21,27,31H,12,15H2,1-5H3,(H,28,32)/t21-/m0/s1. The molecule has 36 heavy (non-hydrogen) atoms. The number of sulfonamides is 1. The molecule has 1 heterocycles. The molecular weight excluding hydrogens is 485 g/mol. The van der Waals surface area contributed by atoms with Crippen LogP contribution in [0.4, 0.5) is 15.8 Å². The van der Waals surface area contributed by atoms with Gasteiger partial charge in [-0.25, -0.2) is 12.8 Å². The molecule has 1 amide bonds. The Hall–Kier alpha value is -3.31. The second-order valence-electron chi connectivity index (χ2n) is 9.61. The number of nitrogens with zero attached hydrogens (tertiary/aromatic N) is 2. The fraction of sp³-hybridized carbons (Fsp3) is 0.400. The minimum Gasteiger partial charge on any atom is -0.337 e. The predicted molar refractivity (Wildman–Crippen MR) is 137 cm³/mol. The Bertz CT molecular complexity index is 1310. The molecule has 0 fully saturated rings. The van der Waals surface area contributed by atoms with Crippen molar-refractivity contribution in [3.8, 4) is 11.4 Å². The Morgan fingerprint density at radius 3 is 2.47 bits per heavy atom. The molecule has 0 saturated heterocycles. The van der Waals surface area contributed by atoms with Crippen molar-refractivity contribution < 1.29 is 22.1 Å². The van der Waals surface area contributed by atoms with Crippen molar-refractivity contribution >= 4 is 27.3 Å². The lowest BCUT2D eigenvalue weighted by molar-refractivity contribution is -0.124. The molecule has 0 spiro atoms. The first kappa shape index (κ1) is 27.3. The fourth-order valence-electron chi connectivity index (χ4n) is 3.35. The van der Waals surface area contributed by atoms with Crippen LogP contribution in [0.2, 0.25) is 0 Å². The number of halogens is 1. The molecule has 1 aromatic heterocycles. The third-order valence-electron chi connectivity index (χ3n) is 5.52. The number of nitrogens with one attached hydrogen (secondary N) is 3. The van der Waals surface area contributed by atoms with Gasteiger partial charge in [-0.2, -0.15) is 4.98 Å². The third kappa shape index (κ3) is 6.67. The second-order valence-corrected chi connectivity index (χ2v) is 11.3.